The minimum Gasteiger partial charge on any atom is -0.497 e. The predicted molar refractivity (Wildman–Crippen MR) is 82.0 cm³/mol. The maximum atomic E-state index is 6.05. The molecule has 0 unspecified atom stereocenters. The third-order valence-electron chi connectivity index (χ3n) is 3.09. The third kappa shape index (κ3) is 3.06. The van der Waals surface area contributed by atoms with Crippen LogP contribution in [-0.4, -0.2) is 17.3 Å². The largest absolute Gasteiger partial charge is 0.497 e. The van der Waals surface area contributed by atoms with Crippen molar-refractivity contribution in [1.29, 1.82) is 0 Å². The van der Waals surface area contributed by atoms with Gasteiger partial charge in [-0.25, -0.2) is 0 Å². The molecule has 2 aromatic rings. The summed E-state index contributed by atoms with van der Waals surface area (Å²) >= 11 is 6.05. The van der Waals surface area contributed by atoms with E-state index in [0.717, 1.165) is 16.9 Å². The highest BCUT2D eigenvalue weighted by atomic mass is 35.5. The molecule has 0 saturated carbocycles. The molecule has 1 aromatic heterocycles. The number of nitrogens with zero attached hydrogens (tertiary/aromatic N) is 2. The van der Waals surface area contributed by atoms with Crippen LogP contribution in [0.5, 0.6) is 5.75 Å². The van der Waals surface area contributed by atoms with E-state index in [2.05, 4.69) is 10.1 Å². The average Bonchev–Trinajstić information content (AvgIpc) is 2.90. The summed E-state index contributed by atoms with van der Waals surface area (Å²) in [5.41, 5.74) is 1.77. The second-order valence-electron chi connectivity index (χ2n) is 4.51. The Morgan fingerprint density at radius 2 is 2.05 bits per heavy atom. The average molecular weight is 301 g/mol. The van der Waals surface area contributed by atoms with Gasteiger partial charge < -0.3 is 9.26 Å². The highest BCUT2D eigenvalue weighted by Crippen LogP contribution is 2.26. The quantitative estimate of drug-likeness (QED) is 0.852. The summed E-state index contributed by atoms with van der Waals surface area (Å²) in [5.74, 6) is 1.82. The summed E-state index contributed by atoms with van der Waals surface area (Å²) in [6.07, 6.45) is 8.28. The molecule has 0 aliphatic heterocycles. The Labute approximate surface area is 127 Å². The molecule has 0 N–H and O–H groups in total. The lowest BCUT2D eigenvalue weighted by molar-refractivity contribution is 0.407. The van der Waals surface area contributed by atoms with Gasteiger partial charge in [0, 0.05) is 16.2 Å². The number of aromatic nitrogens is 2. The van der Waals surface area contributed by atoms with Gasteiger partial charge in [0.15, 0.2) is 0 Å². The lowest BCUT2D eigenvalue weighted by atomic mass is 10.1. The lowest BCUT2D eigenvalue weighted by Crippen LogP contribution is -1.86. The second kappa shape index (κ2) is 5.97. The fraction of sp³-hybridized carbons (Fsp3) is 0.125. The second-order valence-corrected chi connectivity index (χ2v) is 4.94. The third-order valence-corrected chi connectivity index (χ3v) is 3.33. The van der Waals surface area contributed by atoms with E-state index in [9.17, 15) is 0 Å². The Hall–Kier alpha value is -2.33. The van der Waals surface area contributed by atoms with Gasteiger partial charge in [0.1, 0.15) is 5.75 Å². The summed E-state index contributed by atoms with van der Waals surface area (Å²) in [5, 5.41) is 4.66. The van der Waals surface area contributed by atoms with Crippen molar-refractivity contribution in [3.8, 4) is 17.1 Å². The first kappa shape index (κ1) is 13.6. The number of benzene rings is 1. The first-order valence-electron chi connectivity index (χ1n) is 6.47. The molecule has 1 aromatic carbocycles. The molecule has 0 bridgehead atoms. The molecule has 0 radical (unpaired) electrons. The van der Waals surface area contributed by atoms with Crippen LogP contribution in [0.3, 0.4) is 0 Å². The number of methoxy groups -OCH3 is 1. The van der Waals surface area contributed by atoms with Crippen molar-refractivity contribution in [1.82, 2.24) is 10.1 Å². The van der Waals surface area contributed by atoms with E-state index in [1.54, 1.807) is 7.11 Å². The fourth-order valence-electron chi connectivity index (χ4n) is 1.99. The van der Waals surface area contributed by atoms with E-state index in [1.165, 1.54) is 0 Å². The van der Waals surface area contributed by atoms with Crippen molar-refractivity contribution in [3.63, 3.8) is 0 Å². The van der Waals surface area contributed by atoms with E-state index in [1.807, 2.05) is 48.6 Å². The van der Waals surface area contributed by atoms with Crippen molar-refractivity contribution in [2.75, 3.05) is 7.11 Å². The van der Waals surface area contributed by atoms with E-state index in [4.69, 9.17) is 20.9 Å². The number of hydrogen-bond donors (Lipinski definition) is 0. The van der Waals surface area contributed by atoms with E-state index >= 15 is 0 Å². The van der Waals surface area contributed by atoms with Gasteiger partial charge in [-0.05, 0) is 42.8 Å². The Balaban J connectivity index is 1.89. The van der Waals surface area contributed by atoms with Gasteiger partial charge in [0.2, 0.25) is 5.82 Å². The van der Waals surface area contributed by atoms with Gasteiger partial charge in [-0.2, -0.15) is 4.98 Å². The molecular weight excluding hydrogens is 288 g/mol. The zero-order valence-electron chi connectivity index (χ0n) is 11.4. The van der Waals surface area contributed by atoms with Crippen molar-refractivity contribution in [2.45, 2.75) is 6.42 Å². The maximum Gasteiger partial charge on any atom is 0.254 e. The Morgan fingerprint density at radius 3 is 2.81 bits per heavy atom. The predicted octanol–water partition coefficient (Wildman–Crippen LogP) is 4.21. The molecule has 0 atom stereocenters. The molecule has 0 amide bonds. The van der Waals surface area contributed by atoms with Crippen LogP contribution in [0.15, 0.2) is 58.1 Å². The fourth-order valence-corrected chi connectivity index (χ4v) is 2.19. The molecule has 1 heterocycles. The van der Waals surface area contributed by atoms with Crippen LogP contribution in [-0.2, 0) is 0 Å². The van der Waals surface area contributed by atoms with Gasteiger partial charge in [0.25, 0.3) is 5.89 Å². The minimum absolute atomic E-state index is 0.485. The van der Waals surface area contributed by atoms with Crippen molar-refractivity contribution in [3.05, 3.63) is 59.5 Å². The molecule has 1 aliphatic rings. The van der Waals surface area contributed by atoms with Crippen LogP contribution < -0.4 is 4.74 Å². The monoisotopic (exact) mass is 300 g/mol. The zero-order valence-corrected chi connectivity index (χ0v) is 12.2. The minimum atomic E-state index is 0.485. The molecule has 0 saturated heterocycles. The Bertz CT molecular complexity index is 727. The highest BCUT2D eigenvalue weighted by molar-refractivity contribution is 6.31. The number of rotatable bonds is 3. The molecule has 5 heteroatoms. The molecule has 3 rings (SSSR count). The number of allylic oxidation sites excluding steroid dienone is 6. The Kier molecular flexibility index (Phi) is 3.88. The van der Waals surface area contributed by atoms with Gasteiger partial charge >= 0.3 is 0 Å². The first-order valence-corrected chi connectivity index (χ1v) is 6.85. The summed E-state index contributed by atoms with van der Waals surface area (Å²) < 4.78 is 10.5. The summed E-state index contributed by atoms with van der Waals surface area (Å²) in [6, 6.07) is 7.50. The molecule has 1 aliphatic carbocycles. The zero-order chi connectivity index (χ0) is 14.7. The van der Waals surface area contributed by atoms with Gasteiger partial charge in [-0.15, -0.1) is 0 Å². The van der Waals surface area contributed by atoms with E-state index in [-0.39, 0.29) is 0 Å². The molecule has 4 nitrogen and oxygen atoms in total. The van der Waals surface area contributed by atoms with Gasteiger partial charge in [-0.1, -0.05) is 28.9 Å². The normalized spacial score (nSPS) is 14.4. The van der Waals surface area contributed by atoms with Gasteiger partial charge in [0.05, 0.1) is 7.11 Å². The number of ether oxygens (including phenoxy) is 1. The van der Waals surface area contributed by atoms with E-state index in [0.29, 0.717) is 23.2 Å². The smallest absolute Gasteiger partial charge is 0.254 e. The highest BCUT2D eigenvalue weighted by Gasteiger charge is 2.13. The maximum absolute atomic E-state index is 6.05. The van der Waals surface area contributed by atoms with Crippen LogP contribution >= 0.6 is 11.6 Å². The summed E-state index contributed by atoms with van der Waals surface area (Å²) in [4.78, 5) is 4.43. The van der Waals surface area contributed by atoms with Gasteiger partial charge in [-0.3, -0.25) is 0 Å². The molecule has 0 fully saturated rings. The molecule has 0 spiro atoms. The SMILES string of the molecule is COc1ccc(-c2noc(C3=CC(Cl)=CC=CC3)n2)cc1. The van der Waals surface area contributed by atoms with E-state index < -0.39 is 0 Å². The standard InChI is InChI=1S/C16H13ClN2O2/c1-20-14-8-6-11(7-9-14)15-18-16(21-19-15)12-4-2-3-5-13(17)10-12/h2-3,5-10H,4H2,1H3. The summed E-state index contributed by atoms with van der Waals surface area (Å²) in [7, 11) is 1.63. The van der Waals surface area contributed by atoms with Crippen molar-refractivity contribution in [2.24, 2.45) is 0 Å². The molecule has 21 heavy (non-hydrogen) atoms. The van der Waals surface area contributed by atoms with Crippen LogP contribution in [0.2, 0.25) is 0 Å². The van der Waals surface area contributed by atoms with Crippen LogP contribution in [0.1, 0.15) is 12.3 Å². The molecular formula is C16H13ClN2O2. The van der Waals surface area contributed by atoms with Crippen molar-refractivity contribution >= 4 is 17.2 Å². The van der Waals surface area contributed by atoms with Crippen LogP contribution in [0, 0.1) is 0 Å². The topological polar surface area (TPSA) is 48.2 Å². The number of halogens is 1. The first-order chi connectivity index (χ1) is 10.3. The number of hydrogen-bond acceptors (Lipinski definition) is 4. The lowest BCUT2D eigenvalue weighted by Gasteiger charge is -1.99. The van der Waals surface area contributed by atoms with Crippen molar-refractivity contribution < 1.29 is 9.26 Å². The summed E-state index contributed by atoms with van der Waals surface area (Å²) in [6.45, 7) is 0. The Morgan fingerprint density at radius 1 is 1.24 bits per heavy atom. The van der Waals surface area contributed by atoms with Crippen LogP contribution in [0.4, 0.5) is 0 Å². The van der Waals surface area contributed by atoms with Crippen LogP contribution in [0.25, 0.3) is 17.0 Å². The molecule has 106 valence electrons.